The number of amides is 1. The van der Waals surface area contributed by atoms with Gasteiger partial charge in [-0.05, 0) is 32.3 Å². The molecule has 1 atom stereocenters. The minimum atomic E-state index is -0.637. The average molecular weight is 316 g/mol. The molecule has 1 aliphatic heterocycles. The molecule has 1 amide bonds. The number of hydrogen-bond donors (Lipinski definition) is 1. The van der Waals surface area contributed by atoms with E-state index in [-0.39, 0.29) is 23.3 Å². The number of hydrogen-bond acceptors (Lipinski definition) is 5. The van der Waals surface area contributed by atoms with Crippen molar-refractivity contribution in [1.29, 1.82) is 0 Å². The van der Waals surface area contributed by atoms with E-state index in [1.165, 1.54) is 6.20 Å². The Bertz CT molecular complexity index is 488. The molecule has 0 aliphatic carbocycles. The lowest BCUT2D eigenvalue weighted by Crippen LogP contribution is -2.35. The molecular formula is C10H10BrN3O4. The van der Waals surface area contributed by atoms with Crippen LogP contribution in [0.2, 0.25) is 0 Å². The van der Waals surface area contributed by atoms with E-state index in [0.717, 1.165) is 12.5 Å². The standard InChI is InChI=1S/C10H10BrN3O4/c11-8-4-12-9(14(16)17)3-7(8)10(15)13-6-1-2-18-5-6/h3-4,6H,1-2,5H2,(H,13,15). The minimum Gasteiger partial charge on any atom is -0.379 e. The van der Waals surface area contributed by atoms with Crippen molar-refractivity contribution in [2.75, 3.05) is 13.2 Å². The highest BCUT2D eigenvalue weighted by Gasteiger charge is 2.22. The van der Waals surface area contributed by atoms with Gasteiger partial charge in [0.2, 0.25) is 0 Å². The molecule has 1 aromatic heterocycles. The van der Waals surface area contributed by atoms with Crippen LogP contribution in [-0.4, -0.2) is 35.1 Å². The van der Waals surface area contributed by atoms with Crippen molar-refractivity contribution < 1.29 is 14.5 Å². The number of nitrogens with zero attached hydrogens (tertiary/aromatic N) is 2. The van der Waals surface area contributed by atoms with Gasteiger partial charge in [0.25, 0.3) is 5.91 Å². The number of carbonyl (C=O) groups excluding carboxylic acids is 1. The molecule has 1 saturated heterocycles. The number of nitrogens with one attached hydrogen (secondary N) is 1. The molecule has 96 valence electrons. The summed E-state index contributed by atoms with van der Waals surface area (Å²) in [6.45, 7) is 1.08. The van der Waals surface area contributed by atoms with Gasteiger partial charge in [0.15, 0.2) is 6.20 Å². The first-order valence-corrected chi connectivity index (χ1v) is 6.06. The number of nitro groups is 1. The highest BCUT2D eigenvalue weighted by atomic mass is 79.9. The molecular weight excluding hydrogens is 306 g/mol. The lowest BCUT2D eigenvalue weighted by Gasteiger charge is -2.10. The van der Waals surface area contributed by atoms with Crippen LogP contribution in [0.3, 0.4) is 0 Å². The van der Waals surface area contributed by atoms with Crippen LogP contribution in [0.25, 0.3) is 0 Å². The second-order valence-electron chi connectivity index (χ2n) is 3.81. The fourth-order valence-electron chi connectivity index (χ4n) is 1.61. The largest absolute Gasteiger partial charge is 0.379 e. The summed E-state index contributed by atoms with van der Waals surface area (Å²) in [5.74, 6) is -0.728. The summed E-state index contributed by atoms with van der Waals surface area (Å²) in [6, 6.07) is 1.10. The Morgan fingerprint density at radius 1 is 1.67 bits per heavy atom. The van der Waals surface area contributed by atoms with E-state index in [1.54, 1.807) is 0 Å². The number of pyridine rings is 1. The highest BCUT2D eigenvalue weighted by molar-refractivity contribution is 9.10. The highest BCUT2D eigenvalue weighted by Crippen LogP contribution is 2.20. The molecule has 0 radical (unpaired) electrons. The second-order valence-corrected chi connectivity index (χ2v) is 4.67. The molecule has 1 N–H and O–H groups in total. The molecule has 0 saturated carbocycles. The van der Waals surface area contributed by atoms with Gasteiger partial charge in [-0.1, -0.05) is 0 Å². The Morgan fingerprint density at radius 2 is 2.44 bits per heavy atom. The Morgan fingerprint density at radius 3 is 3.06 bits per heavy atom. The predicted molar refractivity (Wildman–Crippen MR) is 65.3 cm³/mol. The van der Waals surface area contributed by atoms with Gasteiger partial charge in [-0.15, -0.1) is 0 Å². The van der Waals surface area contributed by atoms with Gasteiger partial charge in [0.1, 0.15) is 0 Å². The van der Waals surface area contributed by atoms with Gasteiger partial charge in [-0.2, -0.15) is 0 Å². The normalized spacial score (nSPS) is 18.6. The molecule has 1 unspecified atom stereocenters. The lowest BCUT2D eigenvalue weighted by atomic mass is 10.2. The SMILES string of the molecule is O=C(NC1CCOC1)c1cc([N+](=O)[O-])ncc1Br. The third kappa shape index (κ3) is 2.82. The van der Waals surface area contributed by atoms with Crippen LogP contribution in [0, 0.1) is 10.1 Å². The maximum absolute atomic E-state index is 11.9. The van der Waals surface area contributed by atoms with Gasteiger partial charge in [-0.25, -0.2) is 0 Å². The maximum atomic E-state index is 11.9. The molecule has 0 bridgehead atoms. The van der Waals surface area contributed by atoms with Crippen molar-refractivity contribution in [2.45, 2.75) is 12.5 Å². The Hall–Kier alpha value is -1.54. The number of aromatic nitrogens is 1. The van der Waals surface area contributed by atoms with E-state index < -0.39 is 4.92 Å². The van der Waals surface area contributed by atoms with Crippen molar-refractivity contribution in [3.05, 3.63) is 32.4 Å². The van der Waals surface area contributed by atoms with Crippen molar-refractivity contribution in [3.8, 4) is 0 Å². The maximum Gasteiger partial charge on any atom is 0.364 e. The van der Waals surface area contributed by atoms with Gasteiger partial charge >= 0.3 is 5.82 Å². The zero-order valence-corrected chi connectivity index (χ0v) is 10.8. The summed E-state index contributed by atoms with van der Waals surface area (Å²) in [5.41, 5.74) is 0.198. The zero-order valence-electron chi connectivity index (χ0n) is 9.26. The molecule has 18 heavy (non-hydrogen) atoms. The van der Waals surface area contributed by atoms with E-state index >= 15 is 0 Å². The fraction of sp³-hybridized carbons (Fsp3) is 0.400. The first-order chi connectivity index (χ1) is 8.58. The topological polar surface area (TPSA) is 94.4 Å². The van der Waals surface area contributed by atoms with Crippen LogP contribution < -0.4 is 5.32 Å². The van der Waals surface area contributed by atoms with Crippen molar-refractivity contribution in [2.24, 2.45) is 0 Å². The van der Waals surface area contributed by atoms with Gasteiger partial charge in [-0.3, -0.25) is 4.79 Å². The summed E-state index contributed by atoms with van der Waals surface area (Å²) in [5, 5.41) is 13.4. The second kappa shape index (κ2) is 5.40. The van der Waals surface area contributed by atoms with Crippen molar-refractivity contribution in [1.82, 2.24) is 10.3 Å². The van der Waals surface area contributed by atoms with Crippen LogP contribution in [-0.2, 0) is 4.74 Å². The smallest absolute Gasteiger partial charge is 0.364 e. The van der Waals surface area contributed by atoms with E-state index in [1.807, 2.05) is 0 Å². The number of carbonyl (C=O) groups is 1. The van der Waals surface area contributed by atoms with Crippen LogP contribution in [0.1, 0.15) is 16.8 Å². The monoisotopic (exact) mass is 315 g/mol. The summed E-state index contributed by atoms with van der Waals surface area (Å²) in [4.78, 5) is 25.5. The van der Waals surface area contributed by atoms with E-state index in [2.05, 4.69) is 26.2 Å². The number of halogens is 1. The van der Waals surface area contributed by atoms with Crippen molar-refractivity contribution >= 4 is 27.7 Å². The van der Waals surface area contributed by atoms with E-state index in [4.69, 9.17) is 4.74 Å². The van der Waals surface area contributed by atoms with Gasteiger partial charge in [0, 0.05) is 12.7 Å². The summed E-state index contributed by atoms with van der Waals surface area (Å²) in [7, 11) is 0. The Labute approximate surface area is 111 Å². The number of rotatable bonds is 3. The average Bonchev–Trinajstić information content (AvgIpc) is 2.81. The predicted octanol–water partition coefficient (Wildman–Crippen LogP) is 1.27. The molecule has 2 rings (SSSR count). The van der Waals surface area contributed by atoms with Crippen LogP contribution in [0.4, 0.5) is 5.82 Å². The molecule has 0 aromatic carbocycles. The van der Waals surface area contributed by atoms with E-state index in [9.17, 15) is 14.9 Å². The number of ether oxygens (including phenoxy) is 1. The minimum absolute atomic E-state index is 0.0448. The molecule has 8 heteroatoms. The molecule has 1 fully saturated rings. The third-order valence-corrected chi connectivity index (χ3v) is 3.17. The Kier molecular flexibility index (Phi) is 3.87. The third-order valence-electron chi connectivity index (χ3n) is 2.54. The molecule has 7 nitrogen and oxygen atoms in total. The first-order valence-electron chi connectivity index (χ1n) is 5.26. The van der Waals surface area contributed by atoms with Gasteiger partial charge < -0.3 is 20.2 Å². The summed E-state index contributed by atoms with van der Waals surface area (Å²) < 4.78 is 5.56. The fourth-order valence-corrected chi connectivity index (χ4v) is 2.01. The van der Waals surface area contributed by atoms with E-state index in [0.29, 0.717) is 17.7 Å². The molecule has 0 spiro atoms. The summed E-state index contributed by atoms with van der Waals surface area (Å²) in [6.07, 6.45) is 1.99. The molecule has 1 aliphatic rings. The van der Waals surface area contributed by atoms with Crippen LogP contribution >= 0.6 is 15.9 Å². The molecule has 2 heterocycles. The Balaban J connectivity index is 2.17. The summed E-state index contributed by atoms with van der Waals surface area (Å²) >= 11 is 3.15. The van der Waals surface area contributed by atoms with Gasteiger partial charge in [0.05, 0.1) is 22.7 Å². The first kappa shape index (κ1) is 12.9. The van der Waals surface area contributed by atoms with Crippen LogP contribution in [0.15, 0.2) is 16.7 Å². The van der Waals surface area contributed by atoms with Crippen molar-refractivity contribution in [3.63, 3.8) is 0 Å². The van der Waals surface area contributed by atoms with Crippen LogP contribution in [0.5, 0.6) is 0 Å². The quantitative estimate of drug-likeness (QED) is 0.669. The molecule has 1 aromatic rings. The zero-order chi connectivity index (χ0) is 13.1. The lowest BCUT2D eigenvalue weighted by molar-refractivity contribution is -0.389.